The lowest BCUT2D eigenvalue weighted by atomic mass is 10.0. The van der Waals surface area contributed by atoms with Gasteiger partial charge in [-0.15, -0.1) is 0 Å². The van der Waals surface area contributed by atoms with Crippen molar-refractivity contribution in [1.29, 1.82) is 0 Å². The van der Waals surface area contributed by atoms with Crippen molar-refractivity contribution < 1.29 is 4.74 Å². The SMILES string of the molecule is COc1ccc(CC(Br)c2cc(Br)ccc2I)cc1. The maximum absolute atomic E-state index is 5.17. The highest BCUT2D eigenvalue weighted by molar-refractivity contribution is 14.1. The van der Waals surface area contributed by atoms with Crippen molar-refractivity contribution in [2.45, 2.75) is 11.2 Å². The van der Waals surface area contributed by atoms with Crippen molar-refractivity contribution in [2.75, 3.05) is 7.11 Å². The highest BCUT2D eigenvalue weighted by Crippen LogP contribution is 2.32. The van der Waals surface area contributed by atoms with E-state index in [1.807, 2.05) is 12.1 Å². The van der Waals surface area contributed by atoms with E-state index in [4.69, 9.17) is 4.74 Å². The first-order valence-corrected chi connectivity index (χ1v) is 8.61. The summed E-state index contributed by atoms with van der Waals surface area (Å²) < 4.78 is 7.56. The van der Waals surface area contributed by atoms with E-state index in [9.17, 15) is 0 Å². The first-order valence-electron chi connectivity index (χ1n) is 5.82. The summed E-state index contributed by atoms with van der Waals surface area (Å²) in [5.74, 6) is 0.895. The summed E-state index contributed by atoms with van der Waals surface area (Å²) in [5.41, 5.74) is 2.60. The minimum Gasteiger partial charge on any atom is -0.497 e. The number of alkyl halides is 1. The van der Waals surface area contributed by atoms with Gasteiger partial charge >= 0.3 is 0 Å². The summed E-state index contributed by atoms with van der Waals surface area (Å²) in [4.78, 5) is 0.310. The van der Waals surface area contributed by atoms with E-state index in [2.05, 4.69) is 84.8 Å². The van der Waals surface area contributed by atoms with Gasteiger partial charge in [0, 0.05) is 12.9 Å². The predicted molar refractivity (Wildman–Crippen MR) is 95.2 cm³/mol. The summed E-state index contributed by atoms with van der Waals surface area (Å²) in [7, 11) is 1.69. The van der Waals surface area contributed by atoms with Crippen molar-refractivity contribution in [3.8, 4) is 5.75 Å². The van der Waals surface area contributed by atoms with E-state index in [-0.39, 0.29) is 0 Å². The summed E-state index contributed by atoms with van der Waals surface area (Å²) in [5, 5.41) is 0. The Labute approximate surface area is 144 Å². The summed E-state index contributed by atoms with van der Waals surface area (Å²) in [6, 6.07) is 14.6. The molecule has 0 radical (unpaired) electrons. The zero-order valence-corrected chi connectivity index (χ0v) is 15.7. The number of hydrogen-bond donors (Lipinski definition) is 0. The van der Waals surface area contributed by atoms with E-state index in [0.29, 0.717) is 4.83 Å². The van der Waals surface area contributed by atoms with E-state index >= 15 is 0 Å². The molecule has 2 aromatic rings. The molecule has 0 aliphatic rings. The molecule has 1 atom stereocenters. The largest absolute Gasteiger partial charge is 0.497 e. The van der Waals surface area contributed by atoms with Crippen LogP contribution in [0.5, 0.6) is 5.75 Å². The molecule has 0 amide bonds. The Kier molecular flexibility index (Phi) is 5.71. The van der Waals surface area contributed by atoms with Crippen LogP contribution in [0.1, 0.15) is 16.0 Å². The monoisotopic (exact) mass is 494 g/mol. The highest BCUT2D eigenvalue weighted by atomic mass is 127. The van der Waals surface area contributed by atoms with Gasteiger partial charge in [-0.1, -0.05) is 44.0 Å². The number of halogens is 3. The third kappa shape index (κ3) is 4.20. The summed E-state index contributed by atoms with van der Waals surface area (Å²) in [6.07, 6.45) is 0.955. The van der Waals surface area contributed by atoms with E-state index in [1.165, 1.54) is 14.7 Å². The van der Waals surface area contributed by atoms with Gasteiger partial charge in [-0.25, -0.2) is 0 Å². The molecular weight excluding hydrogens is 483 g/mol. The number of rotatable bonds is 4. The predicted octanol–water partition coefficient (Wildman–Crippen LogP) is 5.74. The van der Waals surface area contributed by atoms with Gasteiger partial charge in [0.1, 0.15) is 5.75 Å². The van der Waals surface area contributed by atoms with Crippen LogP contribution in [0.4, 0.5) is 0 Å². The van der Waals surface area contributed by atoms with Gasteiger partial charge in [0.05, 0.1) is 7.11 Å². The van der Waals surface area contributed by atoms with Crippen molar-refractivity contribution in [1.82, 2.24) is 0 Å². The van der Waals surface area contributed by atoms with Crippen LogP contribution in [0.2, 0.25) is 0 Å². The quantitative estimate of drug-likeness (QED) is 0.388. The standard InChI is InChI=1S/C15H13Br2IO/c1-19-12-5-2-10(3-6-12)8-14(17)13-9-11(16)4-7-15(13)18/h2-7,9,14H,8H2,1H3. The zero-order chi connectivity index (χ0) is 13.8. The van der Waals surface area contributed by atoms with Crippen molar-refractivity contribution >= 4 is 54.5 Å². The van der Waals surface area contributed by atoms with Gasteiger partial charge < -0.3 is 4.74 Å². The van der Waals surface area contributed by atoms with Crippen LogP contribution in [0, 0.1) is 3.57 Å². The first-order chi connectivity index (χ1) is 9.10. The third-order valence-electron chi connectivity index (χ3n) is 2.87. The van der Waals surface area contributed by atoms with Gasteiger partial charge in [0.15, 0.2) is 0 Å². The molecular formula is C15H13Br2IO. The Bertz CT molecular complexity index is 555. The Morgan fingerprint density at radius 2 is 1.84 bits per heavy atom. The molecule has 4 heteroatoms. The molecule has 0 saturated heterocycles. The molecule has 1 unspecified atom stereocenters. The second-order valence-electron chi connectivity index (χ2n) is 4.19. The Hall–Kier alpha value is -0.0700. The molecule has 19 heavy (non-hydrogen) atoms. The minimum atomic E-state index is 0.310. The average molecular weight is 496 g/mol. The van der Waals surface area contributed by atoms with Crippen LogP contribution in [-0.2, 0) is 6.42 Å². The van der Waals surface area contributed by atoms with Gasteiger partial charge in [0.25, 0.3) is 0 Å². The van der Waals surface area contributed by atoms with Gasteiger partial charge in [0.2, 0.25) is 0 Å². The summed E-state index contributed by atoms with van der Waals surface area (Å²) >= 11 is 9.69. The molecule has 0 heterocycles. The van der Waals surface area contributed by atoms with E-state index in [1.54, 1.807) is 7.11 Å². The summed E-state index contributed by atoms with van der Waals surface area (Å²) in [6.45, 7) is 0. The molecule has 1 nitrogen and oxygen atoms in total. The highest BCUT2D eigenvalue weighted by Gasteiger charge is 2.12. The zero-order valence-electron chi connectivity index (χ0n) is 10.4. The Balaban J connectivity index is 2.15. The Morgan fingerprint density at radius 3 is 2.47 bits per heavy atom. The van der Waals surface area contributed by atoms with Gasteiger partial charge in [-0.3, -0.25) is 0 Å². The van der Waals surface area contributed by atoms with Crippen molar-refractivity contribution in [3.05, 3.63) is 61.6 Å². The fourth-order valence-electron chi connectivity index (χ4n) is 1.83. The van der Waals surface area contributed by atoms with Gasteiger partial charge in [-0.2, -0.15) is 0 Å². The van der Waals surface area contributed by atoms with Crippen LogP contribution < -0.4 is 4.74 Å². The number of methoxy groups -OCH3 is 1. The van der Waals surface area contributed by atoms with E-state index < -0.39 is 0 Å². The molecule has 100 valence electrons. The molecule has 0 bridgehead atoms. The molecule has 0 saturated carbocycles. The van der Waals surface area contributed by atoms with Crippen LogP contribution in [-0.4, -0.2) is 7.11 Å². The lowest BCUT2D eigenvalue weighted by molar-refractivity contribution is 0.414. The van der Waals surface area contributed by atoms with Crippen LogP contribution in [0.25, 0.3) is 0 Å². The maximum Gasteiger partial charge on any atom is 0.118 e. The molecule has 2 rings (SSSR count). The topological polar surface area (TPSA) is 9.23 Å². The second kappa shape index (κ2) is 7.09. The molecule has 0 N–H and O–H groups in total. The molecule has 0 fully saturated rings. The average Bonchev–Trinajstić information content (AvgIpc) is 2.42. The Morgan fingerprint density at radius 1 is 1.16 bits per heavy atom. The molecule has 0 aliphatic heterocycles. The molecule has 0 spiro atoms. The number of hydrogen-bond acceptors (Lipinski definition) is 1. The first kappa shape index (κ1) is 15.3. The number of benzene rings is 2. The lowest BCUT2D eigenvalue weighted by Crippen LogP contribution is -1.98. The minimum absolute atomic E-state index is 0.310. The van der Waals surface area contributed by atoms with Gasteiger partial charge in [-0.05, 0) is 70.5 Å². The molecule has 2 aromatic carbocycles. The van der Waals surface area contributed by atoms with Crippen LogP contribution in [0.15, 0.2) is 46.9 Å². The second-order valence-corrected chi connectivity index (χ2v) is 7.37. The lowest BCUT2D eigenvalue weighted by Gasteiger charge is -2.13. The van der Waals surface area contributed by atoms with Crippen molar-refractivity contribution in [3.63, 3.8) is 0 Å². The fourth-order valence-corrected chi connectivity index (χ4v) is 4.10. The van der Waals surface area contributed by atoms with Crippen LogP contribution in [0.3, 0.4) is 0 Å². The van der Waals surface area contributed by atoms with Crippen molar-refractivity contribution in [2.24, 2.45) is 0 Å². The maximum atomic E-state index is 5.17. The molecule has 0 aliphatic carbocycles. The molecule has 0 aromatic heterocycles. The van der Waals surface area contributed by atoms with E-state index in [0.717, 1.165) is 16.6 Å². The normalized spacial score (nSPS) is 12.2. The third-order valence-corrected chi connectivity index (χ3v) is 5.16. The smallest absolute Gasteiger partial charge is 0.118 e. The fraction of sp³-hybridized carbons (Fsp3) is 0.200. The number of ether oxygens (including phenoxy) is 1. The van der Waals surface area contributed by atoms with Crippen LogP contribution >= 0.6 is 54.5 Å².